The van der Waals surface area contributed by atoms with E-state index in [0.29, 0.717) is 17.3 Å². The molecular formula is C11H14N2O2S. The molecule has 2 N–H and O–H groups in total. The van der Waals surface area contributed by atoms with Gasteiger partial charge in [0.05, 0.1) is 18.0 Å². The Hall–Kier alpha value is -1.20. The maximum atomic E-state index is 5.55. The van der Waals surface area contributed by atoms with E-state index >= 15 is 0 Å². The number of thiocarbonyl (C=S) groups is 1. The highest BCUT2D eigenvalue weighted by Crippen LogP contribution is 2.15. The summed E-state index contributed by atoms with van der Waals surface area (Å²) < 4.78 is 11.0. The van der Waals surface area contributed by atoms with Crippen LogP contribution in [0.4, 0.5) is 0 Å². The van der Waals surface area contributed by atoms with Gasteiger partial charge in [0.2, 0.25) is 0 Å². The third-order valence-corrected chi connectivity index (χ3v) is 2.66. The first-order chi connectivity index (χ1) is 7.75. The molecule has 0 aromatic carbocycles. The minimum atomic E-state index is 0.218. The van der Waals surface area contributed by atoms with E-state index in [1.807, 2.05) is 6.07 Å². The molecule has 1 aromatic heterocycles. The number of aromatic nitrogens is 1. The van der Waals surface area contributed by atoms with Gasteiger partial charge in [-0.3, -0.25) is 0 Å². The average molecular weight is 238 g/mol. The van der Waals surface area contributed by atoms with Crippen molar-refractivity contribution in [2.24, 2.45) is 5.73 Å². The average Bonchev–Trinajstić information content (AvgIpc) is 2.80. The van der Waals surface area contributed by atoms with E-state index in [0.717, 1.165) is 25.2 Å². The van der Waals surface area contributed by atoms with Gasteiger partial charge in [0.25, 0.3) is 0 Å². The van der Waals surface area contributed by atoms with Gasteiger partial charge in [0.1, 0.15) is 17.3 Å². The zero-order valence-electron chi connectivity index (χ0n) is 8.89. The lowest BCUT2D eigenvalue weighted by Crippen LogP contribution is -2.16. The lowest BCUT2D eigenvalue weighted by atomic mass is 10.2. The molecule has 2 rings (SSSR count). The molecular weight excluding hydrogens is 224 g/mol. The predicted molar refractivity (Wildman–Crippen MR) is 64.6 cm³/mol. The highest BCUT2D eigenvalue weighted by molar-refractivity contribution is 7.80. The van der Waals surface area contributed by atoms with E-state index < -0.39 is 0 Å². The van der Waals surface area contributed by atoms with E-state index in [1.165, 1.54) is 0 Å². The molecule has 0 spiro atoms. The first-order valence-electron chi connectivity index (χ1n) is 5.26. The minimum Gasteiger partial charge on any atom is -0.489 e. The number of pyridine rings is 1. The summed E-state index contributed by atoms with van der Waals surface area (Å²) in [5.74, 6) is 0.718. The summed E-state index contributed by atoms with van der Waals surface area (Å²) in [5, 5.41) is 0. The largest absolute Gasteiger partial charge is 0.489 e. The molecule has 0 bridgehead atoms. The summed E-state index contributed by atoms with van der Waals surface area (Å²) in [7, 11) is 0. The number of ether oxygens (including phenoxy) is 2. The Morgan fingerprint density at radius 1 is 1.62 bits per heavy atom. The van der Waals surface area contributed by atoms with Gasteiger partial charge in [-0.25, -0.2) is 4.98 Å². The molecule has 5 heteroatoms. The van der Waals surface area contributed by atoms with Crippen molar-refractivity contribution in [3.8, 4) is 5.75 Å². The first kappa shape index (κ1) is 11.3. The second-order valence-electron chi connectivity index (χ2n) is 3.69. The van der Waals surface area contributed by atoms with Crippen molar-refractivity contribution in [1.29, 1.82) is 0 Å². The molecule has 4 nitrogen and oxygen atoms in total. The zero-order chi connectivity index (χ0) is 11.4. The molecule has 1 aliphatic rings. The predicted octanol–water partition coefficient (Wildman–Crippen LogP) is 1.27. The lowest BCUT2D eigenvalue weighted by molar-refractivity contribution is 0.0678. The summed E-state index contributed by atoms with van der Waals surface area (Å²) in [4.78, 5) is 4.39. The van der Waals surface area contributed by atoms with Gasteiger partial charge in [-0.15, -0.1) is 0 Å². The lowest BCUT2D eigenvalue weighted by Gasteiger charge is -2.11. The molecule has 0 saturated carbocycles. The molecule has 86 valence electrons. The van der Waals surface area contributed by atoms with Crippen LogP contribution in [0.25, 0.3) is 0 Å². The van der Waals surface area contributed by atoms with Crippen molar-refractivity contribution in [1.82, 2.24) is 4.98 Å². The van der Waals surface area contributed by atoms with Crippen LogP contribution in [0.3, 0.4) is 0 Å². The third-order valence-electron chi connectivity index (χ3n) is 2.45. The molecule has 1 aromatic rings. The van der Waals surface area contributed by atoms with Gasteiger partial charge in [-0.1, -0.05) is 12.2 Å². The molecule has 0 radical (unpaired) electrons. The highest BCUT2D eigenvalue weighted by atomic mass is 32.1. The van der Waals surface area contributed by atoms with Crippen molar-refractivity contribution < 1.29 is 9.47 Å². The Morgan fingerprint density at radius 3 is 3.06 bits per heavy atom. The molecule has 1 saturated heterocycles. The van der Waals surface area contributed by atoms with Crippen molar-refractivity contribution in [2.45, 2.75) is 18.9 Å². The Balaban J connectivity index is 1.87. The quantitative estimate of drug-likeness (QED) is 0.801. The fraction of sp³-hybridized carbons (Fsp3) is 0.455. The minimum absolute atomic E-state index is 0.218. The van der Waals surface area contributed by atoms with E-state index in [2.05, 4.69) is 4.98 Å². The highest BCUT2D eigenvalue weighted by Gasteiger charge is 2.15. The Labute approximate surface area is 99.8 Å². The van der Waals surface area contributed by atoms with Gasteiger partial charge >= 0.3 is 0 Å². The molecule has 16 heavy (non-hydrogen) atoms. The molecule has 1 fully saturated rings. The van der Waals surface area contributed by atoms with Crippen LogP contribution in [0.5, 0.6) is 5.75 Å². The number of hydrogen-bond acceptors (Lipinski definition) is 4. The first-order valence-corrected chi connectivity index (χ1v) is 5.67. The van der Waals surface area contributed by atoms with Crippen molar-refractivity contribution in [3.05, 3.63) is 24.0 Å². The van der Waals surface area contributed by atoms with E-state index in [4.69, 9.17) is 27.4 Å². The van der Waals surface area contributed by atoms with E-state index in [-0.39, 0.29) is 6.10 Å². The smallest absolute Gasteiger partial charge is 0.137 e. The SMILES string of the molecule is NC(=S)c1ccc(OCC2CCCO2)cn1. The van der Waals surface area contributed by atoms with Gasteiger partial charge < -0.3 is 15.2 Å². The topological polar surface area (TPSA) is 57.4 Å². The Bertz CT molecular complexity index is 361. The van der Waals surface area contributed by atoms with Crippen LogP contribution >= 0.6 is 12.2 Å². The normalized spacial score (nSPS) is 19.6. The van der Waals surface area contributed by atoms with E-state index in [1.54, 1.807) is 12.3 Å². The molecule has 1 atom stereocenters. The Kier molecular flexibility index (Phi) is 3.69. The zero-order valence-corrected chi connectivity index (χ0v) is 9.70. The number of hydrogen-bond donors (Lipinski definition) is 1. The molecule has 0 amide bonds. The van der Waals surface area contributed by atoms with Crippen molar-refractivity contribution >= 4 is 17.2 Å². The van der Waals surface area contributed by atoms with Crippen LogP contribution in [0.15, 0.2) is 18.3 Å². The second kappa shape index (κ2) is 5.23. The van der Waals surface area contributed by atoms with Gasteiger partial charge in [0.15, 0.2) is 0 Å². The summed E-state index contributed by atoms with van der Waals surface area (Å²) in [6, 6.07) is 3.57. The molecule has 0 aliphatic carbocycles. The Morgan fingerprint density at radius 2 is 2.50 bits per heavy atom. The van der Waals surface area contributed by atoms with Crippen LogP contribution in [-0.2, 0) is 4.74 Å². The van der Waals surface area contributed by atoms with Crippen molar-refractivity contribution in [3.63, 3.8) is 0 Å². The fourth-order valence-corrected chi connectivity index (χ4v) is 1.70. The fourth-order valence-electron chi connectivity index (χ4n) is 1.58. The maximum Gasteiger partial charge on any atom is 0.137 e. The molecule has 2 heterocycles. The number of nitrogens with zero attached hydrogens (tertiary/aromatic N) is 1. The molecule has 1 aliphatic heterocycles. The van der Waals surface area contributed by atoms with Crippen LogP contribution < -0.4 is 10.5 Å². The number of nitrogens with two attached hydrogens (primary N) is 1. The van der Waals surface area contributed by atoms with Crippen LogP contribution in [0.1, 0.15) is 18.5 Å². The van der Waals surface area contributed by atoms with E-state index in [9.17, 15) is 0 Å². The van der Waals surface area contributed by atoms with Crippen molar-refractivity contribution in [2.75, 3.05) is 13.2 Å². The maximum absolute atomic E-state index is 5.55. The second-order valence-corrected chi connectivity index (χ2v) is 4.13. The van der Waals surface area contributed by atoms with Gasteiger partial charge in [-0.2, -0.15) is 0 Å². The third kappa shape index (κ3) is 2.90. The van der Waals surface area contributed by atoms with Crippen LogP contribution in [0.2, 0.25) is 0 Å². The standard InChI is InChI=1S/C11H14N2O2S/c12-11(16)10-4-3-8(6-13-10)15-7-9-2-1-5-14-9/h3-4,6,9H,1-2,5,7H2,(H2,12,16). The molecule has 1 unspecified atom stereocenters. The monoisotopic (exact) mass is 238 g/mol. The van der Waals surface area contributed by atoms with Gasteiger partial charge in [0, 0.05) is 6.61 Å². The van der Waals surface area contributed by atoms with Crippen LogP contribution in [0, 0.1) is 0 Å². The summed E-state index contributed by atoms with van der Waals surface area (Å²) in [6.07, 6.45) is 4.03. The van der Waals surface area contributed by atoms with Crippen LogP contribution in [-0.4, -0.2) is 29.3 Å². The summed E-state index contributed by atoms with van der Waals surface area (Å²) >= 11 is 4.81. The van der Waals surface area contributed by atoms with Gasteiger partial charge in [-0.05, 0) is 25.0 Å². The number of rotatable bonds is 4. The summed E-state index contributed by atoms with van der Waals surface area (Å²) in [6.45, 7) is 1.42. The summed E-state index contributed by atoms with van der Waals surface area (Å²) in [5.41, 5.74) is 6.06.